The topological polar surface area (TPSA) is 107 Å². The molecule has 8 nitrogen and oxygen atoms in total. The average Bonchev–Trinajstić information content (AvgIpc) is 3.02. The number of anilines is 1. The number of carbonyl (C=O) groups is 1. The van der Waals surface area contributed by atoms with Gasteiger partial charge in [-0.1, -0.05) is 6.92 Å². The summed E-state index contributed by atoms with van der Waals surface area (Å²) in [5.74, 6) is 0.213. The summed E-state index contributed by atoms with van der Waals surface area (Å²) in [6.07, 6.45) is 4.29. The summed E-state index contributed by atoms with van der Waals surface area (Å²) in [7, 11) is 0. The Labute approximate surface area is 164 Å². The van der Waals surface area contributed by atoms with Crippen molar-refractivity contribution in [1.29, 1.82) is 0 Å². The fraction of sp³-hybridized carbons (Fsp3) is 0.316. The second-order valence-corrected chi connectivity index (χ2v) is 8.15. The smallest absolute Gasteiger partial charge is 0.269 e. The number of aryl methyl sites for hydroxylation is 1. The van der Waals surface area contributed by atoms with Crippen molar-refractivity contribution in [3.05, 3.63) is 61.5 Å². The molecule has 4 rings (SSSR count). The Morgan fingerprint density at radius 3 is 2.86 bits per heavy atom. The second-order valence-electron chi connectivity index (χ2n) is 7.06. The molecule has 0 spiro atoms. The summed E-state index contributed by atoms with van der Waals surface area (Å²) in [4.78, 5) is 41.8. The van der Waals surface area contributed by atoms with Crippen molar-refractivity contribution in [3.8, 4) is 0 Å². The molecule has 1 atom stereocenters. The highest BCUT2D eigenvalue weighted by Crippen LogP contribution is 2.35. The zero-order valence-electron chi connectivity index (χ0n) is 15.2. The Morgan fingerprint density at radius 1 is 1.39 bits per heavy atom. The van der Waals surface area contributed by atoms with Crippen LogP contribution in [0.15, 0.2) is 35.4 Å². The third-order valence-electron chi connectivity index (χ3n) is 4.96. The van der Waals surface area contributed by atoms with E-state index in [1.54, 1.807) is 11.3 Å². The van der Waals surface area contributed by atoms with Crippen LogP contribution in [0.25, 0.3) is 10.2 Å². The summed E-state index contributed by atoms with van der Waals surface area (Å²) in [5.41, 5.74) is 1.26. The lowest BCUT2D eigenvalue weighted by atomic mass is 9.89. The van der Waals surface area contributed by atoms with Gasteiger partial charge in [-0.3, -0.25) is 24.3 Å². The molecule has 28 heavy (non-hydrogen) atoms. The van der Waals surface area contributed by atoms with Crippen LogP contribution in [0.1, 0.15) is 23.8 Å². The van der Waals surface area contributed by atoms with Gasteiger partial charge < -0.3 is 5.32 Å². The number of fused-ring (bicyclic) bond motifs is 3. The molecule has 3 aromatic rings. The number of amides is 1. The quantitative estimate of drug-likeness (QED) is 0.537. The van der Waals surface area contributed by atoms with E-state index in [4.69, 9.17) is 0 Å². The maximum Gasteiger partial charge on any atom is 0.269 e. The number of nitrogens with one attached hydrogen (secondary N) is 1. The number of rotatable bonds is 4. The normalized spacial score (nSPS) is 16.0. The average molecular weight is 398 g/mol. The molecule has 0 saturated carbocycles. The summed E-state index contributed by atoms with van der Waals surface area (Å²) < 4.78 is 1.31. The lowest BCUT2D eigenvalue weighted by molar-refractivity contribution is -0.384. The number of nitro groups is 1. The third kappa shape index (κ3) is 3.40. The minimum absolute atomic E-state index is 0.0552. The first-order valence-corrected chi connectivity index (χ1v) is 9.78. The van der Waals surface area contributed by atoms with E-state index >= 15 is 0 Å². The predicted octanol–water partition coefficient (Wildman–Crippen LogP) is 3.13. The van der Waals surface area contributed by atoms with Crippen LogP contribution in [0.3, 0.4) is 0 Å². The van der Waals surface area contributed by atoms with Crippen LogP contribution in [0, 0.1) is 16.0 Å². The van der Waals surface area contributed by atoms with Crippen LogP contribution in [0.2, 0.25) is 0 Å². The van der Waals surface area contributed by atoms with Crippen LogP contribution in [0.5, 0.6) is 0 Å². The number of thiophene rings is 1. The fourth-order valence-electron chi connectivity index (χ4n) is 3.50. The van der Waals surface area contributed by atoms with Gasteiger partial charge in [-0.05, 0) is 42.9 Å². The number of nitrogens with zero attached hydrogens (tertiary/aromatic N) is 3. The first-order valence-electron chi connectivity index (χ1n) is 8.96. The molecule has 9 heteroatoms. The number of hydrogen-bond donors (Lipinski definition) is 1. The van der Waals surface area contributed by atoms with Gasteiger partial charge in [0.15, 0.2) is 0 Å². The molecule has 2 aromatic heterocycles. The van der Waals surface area contributed by atoms with Gasteiger partial charge in [0.1, 0.15) is 11.4 Å². The number of nitro benzene ring substituents is 1. The molecule has 1 amide bonds. The van der Waals surface area contributed by atoms with Crippen molar-refractivity contribution in [2.24, 2.45) is 5.92 Å². The Hall–Kier alpha value is -3.07. The maximum absolute atomic E-state index is 12.9. The molecular formula is C19H18N4O4S. The highest BCUT2D eigenvalue weighted by molar-refractivity contribution is 7.18. The van der Waals surface area contributed by atoms with Gasteiger partial charge in [0.2, 0.25) is 5.91 Å². The lowest BCUT2D eigenvalue weighted by Crippen LogP contribution is -2.28. The summed E-state index contributed by atoms with van der Waals surface area (Å²) in [6, 6.07) is 5.54. The van der Waals surface area contributed by atoms with Gasteiger partial charge in [0, 0.05) is 22.7 Å². The summed E-state index contributed by atoms with van der Waals surface area (Å²) >= 11 is 1.57. The first-order chi connectivity index (χ1) is 13.4. The predicted molar refractivity (Wildman–Crippen MR) is 107 cm³/mol. The highest BCUT2D eigenvalue weighted by Gasteiger charge is 2.23. The Bertz CT molecular complexity index is 1130. The molecule has 0 bridgehead atoms. The van der Waals surface area contributed by atoms with Crippen molar-refractivity contribution in [1.82, 2.24) is 9.55 Å². The zero-order chi connectivity index (χ0) is 19.8. The van der Waals surface area contributed by atoms with Crippen molar-refractivity contribution in [2.75, 3.05) is 5.32 Å². The van der Waals surface area contributed by atoms with E-state index in [2.05, 4.69) is 17.2 Å². The van der Waals surface area contributed by atoms with Crippen molar-refractivity contribution < 1.29 is 9.72 Å². The van der Waals surface area contributed by atoms with E-state index in [1.807, 2.05) is 0 Å². The largest absolute Gasteiger partial charge is 0.325 e. The standard InChI is InChI=1S/C19H18N4O4S/c1-11-2-7-14-15(8-11)28-18-17(14)19(25)22(10-20-18)9-16(24)21-12-3-5-13(6-4-12)23(26)27/h3-6,10-11H,2,7-9H2,1H3,(H,21,24)/t11-/m1/s1. The van der Waals surface area contributed by atoms with Crippen molar-refractivity contribution >= 4 is 38.8 Å². The van der Waals surface area contributed by atoms with E-state index in [9.17, 15) is 19.7 Å². The molecule has 0 unspecified atom stereocenters. The van der Waals surface area contributed by atoms with Crippen molar-refractivity contribution in [3.63, 3.8) is 0 Å². The van der Waals surface area contributed by atoms with E-state index < -0.39 is 10.8 Å². The molecule has 0 saturated heterocycles. The van der Waals surface area contributed by atoms with Gasteiger partial charge in [0.05, 0.1) is 16.6 Å². The van der Waals surface area contributed by atoms with Crippen LogP contribution in [0.4, 0.5) is 11.4 Å². The molecule has 1 aliphatic rings. The SMILES string of the molecule is C[C@@H]1CCc2c(sc3ncn(CC(=O)Nc4ccc([N+](=O)[O-])cc4)c(=O)c23)C1. The molecule has 1 aliphatic carbocycles. The van der Waals surface area contributed by atoms with Crippen LogP contribution in [-0.4, -0.2) is 20.4 Å². The van der Waals surface area contributed by atoms with Gasteiger partial charge in [-0.25, -0.2) is 4.98 Å². The minimum atomic E-state index is -0.506. The number of carbonyl (C=O) groups excluding carboxylic acids is 1. The van der Waals surface area contributed by atoms with E-state index in [1.165, 1.54) is 40.0 Å². The Balaban J connectivity index is 1.56. The third-order valence-corrected chi connectivity index (χ3v) is 6.12. The number of aromatic nitrogens is 2. The van der Waals surface area contributed by atoms with Gasteiger partial charge in [0.25, 0.3) is 11.2 Å². The molecule has 0 aliphatic heterocycles. The van der Waals surface area contributed by atoms with Crippen LogP contribution in [-0.2, 0) is 24.2 Å². The van der Waals surface area contributed by atoms with Crippen molar-refractivity contribution in [2.45, 2.75) is 32.7 Å². The number of benzene rings is 1. The van der Waals surface area contributed by atoms with Crippen LogP contribution < -0.4 is 10.9 Å². The minimum Gasteiger partial charge on any atom is -0.325 e. The Morgan fingerprint density at radius 2 is 2.14 bits per heavy atom. The highest BCUT2D eigenvalue weighted by atomic mass is 32.1. The number of hydrogen-bond acceptors (Lipinski definition) is 6. The molecule has 1 N–H and O–H groups in total. The summed E-state index contributed by atoms with van der Waals surface area (Å²) in [5, 5.41) is 14.0. The monoisotopic (exact) mass is 398 g/mol. The van der Waals surface area contributed by atoms with E-state index in [0.29, 0.717) is 17.0 Å². The second kappa shape index (κ2) is 7.16. The van der Waals surface area contributed by atoms with Gasteiger partial charge >= 0.3 is 0 Å². The van der Waals surface area contributed by atoms with E-state index in [-0.39, 0.29) is 17.8 Å². The van der Waals surface area contributed by atoms with Gasteiger partial charge in [-0.2, -0.15) is 0 Å². The summed E-state index contributed by atoms with van der Waals surface area (Å²) in [6.45, 7) is 2.04. The fourth-order valence-corrected chi connectivity index (χ4v) is 4.84. The zero-order valence-corrected chi connectivity index (χ0v) is 16.0. The first kappa shape index (κ1) is 18.3. The molecule has 0 radical (unpaired) electrons. The Kier molecular flexibility index (Phi) is 4.68. The molecule has 1 aromatic carbocycles. The van der Waals surface area contributed by atoms with Gasteiger partial charge in [-0.15, -0.1) is 11.3 Å². The molecule has 0 fully saturated rings. The molecule has 2 heterocycles. The van der Waals surface area contributed by atoms with Crippen LogP contribution >= 0.6 is 11.3 Å². The maximum atomic E-state index is 12.9. The number of non-ortho nitro benzene ring substituents is 1. The molecule has 144 valence electrons. The lowest BCUT2D eigenvalue weighted by Gasteiger charge is -2.17. The van der Waals surface area contributed by atoms with E-state index in [0.717, 1.165) is 29.7 Å². The molecular weight excluding hydrogens is 380 g/mol.